The minimum absolute atomic E-state index is 0.866. The molecule has 1 rings (SSSR count). The second-order valence-corrected chi connectivity index (χ2v) is 11.5. The van der Waals surface area contributed by atoms with E-state index in [2.05, 4.69) is 22.6 Å². The van der Waals surface area contributed by atoms with Gasteiger partial charge in [0.15, 0.2) is 0 Å². The van der Waals surface area contributed by atoms with E-state index in [-0.39, 0.29) is 0 Å². The van der Waals surface area contributed by atoms with Gasteiger partial charge in [0.1, 0.15) is 0 Å². The lowest BCUT2D eigenvalue weighted by molar-refractivity contribution is 1.71. The van der Waals surface area contributed by atoms with Crippen molar-refractivity contribution in [2.24, 2.45) is 0 Å². The van der Waals surface area contributed by atoms with Gasteiger partial charge in [0, 0.05) is 3.57 Å². The molecule has 0 N–H and O–H groups in total. The van der Waals surface area contributed by atoms with Gasteiger partial charge in [0.2, 0.25) is 0 Å². The Kier molecular flexibility index (Phi) is 3.52. The van der Waals surface area contributed by atoms with E-state index in [0.29, 0.717) is 0 Å². The predicted molar refractivity (Wildman–Crippen MR) is 62.1 cm³/mol. The Hall–Kier alpha value is 1.04. The van der Waals surface area contributed by atoms with Crippen molar-refractivity contribution in [2.45, 2.75) is 0 Å². The number of hydrogen-bond acceptors (Lipinski definition) is 0. The maximum absolute atomic E-state index is 5.83. The van der Waals surface area contributed by atoms with Crippen molar-refractivity contribution in [2.75, 3.05) is 0 Å². The van der Waals surface area contributed by atoms with Crippen LogP contribution >= 0.6 is 55.8 Å². The average molecular weight is 337 g/mol. The van der Waals surface area contributed by atoms with Crippen molar-refractivity contribution in [3.8, 4) is 0 Å². The van der Waals surface area contributed by atoms with Gasteiger partial charge in [-0.25, -0.2) is 0 Å². The zero-order valence-electron chi connectivity index (χ0n) is 5.32. The van der Waals surface area contributed by atoms with E-state index < -0.39 is 6.00 Å². The van der Waals surface area contributed by atoms with Gasteiger partial charge < -0.3 is 0 Å². The number of hydrogen-bond donors (Lipinski definition) is 0. The lowest BCUT2D eigenvalue weighted by Crippen LogP contribution is -2.32. The van der Waals surface area contributed by atoms with Crippen molar-refractivity contribution in [1.82, 2.24) is 0 Å². The maximum atomic E-state index is 5.83. The third kappa shape index (κ3) is 2.77. The maximum Gasteiger partial charge on any atom is 0.373 e. The summed E-state index contributed by atoms with van der Waals surface area (Å²) in [6, 6.07) is 4.94. The Morgan fingerprint density at radius 2 is 1.64 bits per heavy atom. The van der Waals surface area contributed by atoms with Crippen LogP contribution in [0.4, 0.5) is 0 Å². The Balaban J connectivity index is 3.14. The molecule has 0 aromatic heterocycles. The third-order valence-corrected chi connectivity index (χ3v) is 5.51. The van der Waals surface area contributed by atoms with E-state index in [1.165, 1.54) is 0 Å². The molecule has 0 radical (unpaired) electrons. The van der Waals surface area contributed by atoms with Gasteiger partial charge in [-0.1, -0.05) is 18.2 Å². The van der Waals surface area contributed by atoms with Gasteiger partial charge in [-0.15, -0.1) is 33.2 Å². The average Bonchev–Trinajstić information content (AvgIpc) is 1.86. The molecular weight excluding hydrogens is 333 g/mol. The molecule has 0 aliphatic rings. The second-order valence-electron chi connectivity index (χ2n) is 1.98. The quantitative estimate of drug-likeness (QED) is 0.420. The van der Waals surface area contributed by atoms with Crippen LogP contribution in [0.25, 0.3) is 0 Å². The van der Waals surface area contributed by atoms with Crippen LogP contribution in [0.2, 0.25) is 0 Å². The zero-order chi connectivity index (χ0) is 8.48. The van der Waals surface area contributed by atoms with Gasteiger partial charge in [0.05, 0.1) is 0 Å². The Bertz CT molecular complexity index is 258. The highest BCUT2D eigenvalue weighted by molar-refractivity contribution is 14.1. The SMILES string of the molecule is Cl[Si](Cl)(Cl)c1ccccc1I. The minimum Gasteiger partial charge on any atom is -0.121 e. The van der Waals surface area contributed by atoms with Gasteiger partial charge in [-0.3, -0.25) is 0 Å². The molecule has 0 nitrogen and oxygen atoms in total. The summed E-state index contributed by atoms with van der Waals surface area (Å²) in [5, 5.41) is 0.866. The molecule has 0 fully saturated rings. The molecule has 1 aromatic carbocycles. The molecular formula is C6H4Cl3ISi. The largest absolute Gasteiger partial charge is 0.373 e. The van der Waals surface area contributed by atoms with Crippen LogP contribution in [0.5, 0.6) is 0 Å². The summed E-state index contributed by atoms with van der Waals surface area (Å²) < 4.78 is 1.02. The van der Waals surface area contributed by atoms with Gasteiger partial charge >= 0.3 is 6.00 Å². The smallest absolute Gasteiger partial charge is 0.121 e. The molecule has 5 heteroatoms. The van der Waals surface area contributed by atoms with E-state index in [1.807, 2.05) is 24.3 Å². The van der Waals surface area contributed by atoms with E-state index in [4.69, 9.17) is 33.2 Å². The van der Waals surface area contributed by atoms with Gasteiger partial charge in [0.25, 0.3) is 0 Å². The molecule has 60 valence electrons. The summed E-state index contributed by atoms with van der Waals surface area (Å²) in [6.07, 6.45) is 0. The molecule has 0 spiro atoms. The van der Waals surface area contributed by atoms with E-state index >= 15 is 0 Å². The Labute approximate surface area is 94.1 Å². The fourth-order valence-corrected chi connectivity index (χ4v) is 5.85. The lowest BCUT2D eigenvalue weighted by Gasteiger charge is -2.09. The first-order valence-corrected chi connectivity index (χ1v) is 8.95. The van der Waals surface area contributed by atoms with Crippen molar-refractivity contribution in [3.05, 3.63) is 27.8 Å². The topological polar surface area (TPSA) is 0 Å². The molecule has 0 atom stereocenters. The summed E-state index contributed by atoms with van der Waals surface area (Å²) in [5.41, 5.74) is 0. The monoisotopic (exact) mass is 336 g/mol. The van der Waals surface area contributed by atoms with Crippen LogP contribution in [-0.4, -0.2) is 6.00 Å². The molecule has 0 saturated carbocycles. The summed E-state index contributed by atoms with van der Waals surface area (Å²) in [4.78, 5) is 0. The Morgan fingerprint density at radius 3 is 2.00 bits per heavy atom. The molecule has 0 amide bonds. The van der Waals surface area contributed by atoms with E-state index in [9.17, 15) is 0 Å². The predicted octanol–water partition coefficient (Wildman–Crippen LogP) is 3.15. The van der Waals surface area contributed by atoms with Crippen molar-refractivity contribution < 1.29 is 0 Å². The first-order chi connectivity index (χ1) is 5.02. The molecule has 0 aliphatic carbocycles. The van der Waals surface area contributed by atoms with Crippen LogP contribution in [-0.2, 0) is 0 Å². The number of rotatable bonds is 1. The summed E-state index contributed by atoms with van der Waals surface area (Å²) in [5.74, 6) is 0. The molecule has 0 bridgehead atoms. The van der Waals surface area contributed by atoms with Crippen molar-refractivity contribution >= 4 is 67.0 Å². The lowest BCUT2D eigenvalue weighted by atomic mass is 10.4. The van der Waals surface area contributed by atoms with Crippen molar-refractivity contribution in [3.63, 3.8) is 0 Å². The summed E-state index contributed by atoms with van der Waals surface area (Å²) in [6.45, 7) is 0. The third-order valence-electron chi connectivity index (χ3n) is 1.18. The van der Waals surface area contributed by atoms with Gasteiger partial charge in [-0.2, -0.15) is 0 Å². The normalized spacial score (nSPS) is 11.6. The molecule has 0 unspecified atom stereocenters. The summed E-state index contributed by atoms with van der Waals surface area (Å²) in [7, 11) is 0. The molecule has 0 heterocycles. The highest BCUT2D eigenvalue weighted by atomic mass is 127. The highest BCUT2D eigenvalue weighted by Crippen LogP contribution is 2.21. The van der Waals surface area contributed by atoms with E-state index in [0.717, 1.165) is 8.76 Å². The Morgan fingerprint density at radius 1 is 1.09 bits per heavy atom. The fourth-order valence-electron chi connectivity index (χ4n) is 0.691. The fraction of sp³-hybridized carbons (Fsp3) is 0. The van der Waals surface area contributed by atoms with Crippen molar-refractivity contribution in [1.29, 1.82) is 0 Å². The first kappa shape index (κ1) is 10.1. The number of benzene rings is 1. The van der Waals surface area contributed by atoms with Crippen LogP contribution in [0.1, 0.15) is 0 Å². The first-order valence-electron chi connectivity index (χ1n) is 2.83. The van der Waals surface area contributed by atoms with Crippen LogP contribution < -0.4 is 5.19 Å². The van der Waals surface area contributed by atoms with E-state index in [1.54, 1.807) is 0 Å². The highest BCUT2D eigenvalue weighted by Gasteiger charge is 2.29. The summed E-state index contributed by atoms with van der Waals surface area (Å²) >= 11 is 19.7. The minimum atomic E-state index is -2.67. The molecule has 0 saturated heterocycles. The number of halogens is 4. The zero-order valence-corrected chi connectivity index (χ0v) is 10.7. The van der Waals surface area contributed by atoms with Crippen LogP contribution in [0, 0.1) is 3.57 Å². The van der Waals surface area contributed by atoms with Gasteiger partial charge in [-0.05, 0) is 33.8 Å². The standard InChI is InChI=1S/C6H4Cl3ISi/c7-11(8,9)6-4-2-1-3-5(6)10/h1-4H. The molecule has 1 aromatic rings. The second kappa shape index (κ2) is 3.83. The molecule has 11 heavy (non-hydrogen) atoms. The van der Waals surface area contributed by atoms with Crippen LogP contribution in [0.3, 0.4) is 0 Å². The molecule has 0 aliphatic heterocycles. The van der Waals surface area contributed by atoms with Crippen LogP contribution in [0.15, 0.2) is 24.3 Å².